The fraction of sp³-hybridized carbons (Fsp3) is 0.452. The summed E-state index contributed by atoms with van der Waals surface area (Å²) in [5.41, 5.74) is 7.56. The Bertz CT molecular complexity index is 1520. The van der Waals surface area contributed by atoms with Crippen LogP contribution in [0.4, 0.5) is 14.5 Å². The number of nitrogens with zero attached hydrogens (tertiary/aromatic N) is 1. The number of hydrogen-bond acceptors (Lipinski definition) is 5. The van der Waals surface area contributed by atoms with E-state index in [1.165, 1.54) is 18.2 Å². The first-order valence-corrected chi connectivity index (χ1v) is 14.2. The molecule has 0 radical (unpaired) electrons. The van der Waals surface area contributed by atoms with Gasteiger partial charge in [-0.1, -0.05) is 13.8 Å². The van der Waals surface area contributed by atoms with Crippen molar-refractivity contribution in [2.75, 3.05) is 25.5 Å². The summed E-state index contributed by atoms with van der Waals surface area (Å²) in [6.07, 6.45) is 3.50. The maximum atomic E-state index is 15.6. The molecule has 0 spiro atoms. The second kappa shape index (κ2) is 11.2. The van der Waals surface area contributed by atoms with Crippen LogP contribution in [0, 0.1) is 23.0 Å². The van der Waals surface area contributed by atoms with Crippen molar-refractivity contribution < 1.29 is 23.2 Å². The lowest BCUT2D eigenvalue weighted by Gasteiger charge is -2.31. The molecule has 3 aromatic rings. The van der Waals surface area contributed by atoms with Crippen molar-refractivity contribution in [3.8, 4) is 11.1 Å². The largest absolute Gasteiger partial charge is 0.382 e. The summed E-state index contributed by atoms with van der Waals surface area (Å²) in [5.74, 6) is -2.33. The van der Waals surface area contributed by atoms with Gasteiger partial charge in [-0.3, -0.25) is 19.0 Å². The summed E-state index contributed by atoms with van der Waals surface area (Å²) in [6.45, 7) is 5.26. The van der Waals surface area contributed by atoms with Crippen LogP contribution in [-0.4, -0.2) is 48.5 Å². The van der Waals surface area contributed by atoms with Crippen LogP contribution in [0.5, 0.6) is 0 Å². The van der Waals surface area contributed by atoms with Crippen LogP contribution in [-0.2, 0) is 11.2 Å². The number of carbonyl (C=O) groups excluding carboxylic acids is 3. The van der Waals surface area contributed by atoms with Gasteiger partial charge in [-0.05, 0) is 80.5 Å². The monoisotopic (exact) mass is 565 g/mol. The van der Waals surface area contributed by atoms with Gasteiger partial charge in [0.05, 0.1) is 16.8 Å². The third-order valence-electron chi connectivity index (χ3n) is 8.31. The number of nitrogens with two attached hydrogens (primary N) is 1. The summed E-state index contributed by atoms with van der Waals surface area (Å²) < 4.78 is 31.5. The molecule has 5 N–H and O–H groups in total. The maximum Gasteiger partial charge on any atom is 0.253 e. The number of carbonyl (C=O) groups is 3. The van der Waals surface area contributed by atoms with E-state index in [4.69, 9.17) is 5.73 Å². The van der Waals surface area contributed by atoms with Gasteiger partial charge in [0.2, 0.25) is 11.8 Å². The number of rotatable bonds is 8. The Morgan fingerprint density at radius 1 is 1.05 bits per heavy atom. The number of nitrogens with one attached hydrogen (secondary N) is 3. The van der Waals surface area contributed by atoms with Gasteiger partial charge >= 0.3 is 0 Å². The molecule has 2 aliphatic rings. The van der Waals surface area contributed by atoms with Crippen molar-refractivity contribution >= 4 is 34.3 Å². The Morgan fingerprint density at radius 3 is 2.46 bits per heavy atom. The normalized spacial score (nSPS) is 20.1. The van der Waals surface area contributed by atoms with Gasteiger partial charge < -0.3 is 21.7 Å². The van der Waals surface area contributed by atoms with E-state index in [-0.39, 0.29) is 40.4 Å². The van der Waals surface area contributed by atoms with Gasteiger partial charge in [0.15, 0.2) is 0 Å². The number of fused-ring (bicyclic) bond motifs is 3. The summed E-state index contributed by atoms with van der Waals surface area (Å²) >= 11 is 0. The molecule has 8 nitrogen and oxygen atoms in total. The zero-order valence-electron chi connectivity index (χ0n) is 23.7. The zero-order chi connectivity index (χ0) is 29.5. The zero-order valence-corrected chi connectivity index (χ0v) is 23.7. The molecule has 1 aromatic heterocycles. The SMILES string of the molecule is CNCCNC(=O)[C@H]1CC[C@H](Nc2cc(-c3c4n(c5cc(F)ccc35)C(=O)CC(C)(C)C4)cc(F)c2C(N)=O)CC1. The highest BCUT2D eigenvalue weighted by molar-refractivity contribution is 6.06. The van der Waals surface area contributed by atoms with Gasteiger partial charge in [-0.25, -0.2) is 8.78 Å². The first-order chi connectivity index (χ1) is 19.5. The molecule has 1 aliphatic heterocycles. The van der Waals surface area contributed by atoms with Gasteiger partial charge in [-0.15, -0.1) is 0 Å². The first-order valence-electron chi connectivity index (χ1n) is 14.2. The van der Waals surface area contributed by atoms with Crippen molar-refractivity contribution in [3.05, 3.63) is 53.2 Å². The Morgan fingerprint density at radius 2 is 1.78 bits per heavy atom. The molecule has 41 heavy (non-hydrogen) atoms. The second-order valence-corrected chi connectivity index (χ2v) is 12.1. The van der Waals surface area contributed by atoms with Crippen molar-refractivity contribution in [1.82, 2.24) is 15.2 Å². The van der Waals surface area contributed by atoms with Crippen molar-refractivity contribution in [3.63, 3.8) is 0 Å². The van der Waals surface area contributed by atoms with E-state index in [2.05, 4.69) is 16.0 Å². The topological polar surface area (TPSA) is 118 Å². The number of likely N-dealkylation sites (N-methyl/N-ethyl adjacent to an activating group) is 1. The van der Waals surface area contributed by atoms with E-state index < -0.39 is 17.5 Å². The highest BCUT2D eigenvalue weighted by atomic mass is 19.1. The number of aromatic nitrogens is 1. The predicted molar refractivity (Wildman–Crippen MR) is 155 cm³/mol. The van der Waals surface area contributed by atoms with Gasteiger partial charge in [0.25, 0.3) is 5.91 Å². The Kier molecular flexibility index (Phi) is 7.87. The smallest absolute Gasteiger partial charge is 0.253 e. The number of amides is 2. The van der Waals surface area contributed by atoms with E-state index in [9.17, 15) is 18.8 Å². The fourth-order valence-corrected chi connectivity index (χ4v) is 6.38. The van der Waals surface area contributed by atoms with Crippen molar-refractivity contribution in [2.45, 2.75) is 58.4 Å². The molecule has 0 atom stereocenters. The molecule has 1 fully saturated rings. The number of hydrogen-bond donors (Lipinski definition) is 4. The van der Waals surface area contributed by atoms with Crippen molar-refractivity contribution in [2.24, 2.45) is 17.1 Å². The van der Waals surface area contributed by atoms with Crippen molar-refractivity contribution in [1.29, 1.82) is 0 Å². The average molecular weight is 566 g/mol. The average Bonchev–Trinajstić information content (AvgIpc) is 3.20. The molecule has 0 unspecified atom stereocenters. The molecule has 2 aromatic carbocycles. The van der Waals surface area contributed by atoms with Crippen LogP contribution >= 0.6 is 0 Å². The third-order valence-corrected chi connectivity index (χ3v) is 8.31. The third kappa shape index (κ3) is 5.70. The van der Waals surface area contributed by atoms with E-state index >= 15 is 4.39 Å². The van der Waals surface area contributed by atoms with Crippen LogP contribution in [0.3, 0.4) is 0 Å². The van der Waals surface area contributed by atoms with E-state index in [1.807, 2.05) is 20.9 Å². The van der Waals surface area contributed by atoms with Crippen LogP contribution in [0.1, 0.15) is 66.8 Å². The molecule has 10 heteroatoms. The summed E-state index contributed by atoms with van der Waals surface area (Å²) in [6, 6.07) is 7.15. The quantitative estimate of drug-likeness (QED) is 0.298. The van der Waals surface area contributed by atoms with Crippen LogP contribution in [0.25, 0.3) is 22.0 Å². The van der Waals surface area contributed by atoms with Gasteiger partial charge in [-0.2, -0.15) is 0 Å². The number of benzene rings is 2. The minimum Gasteiger partial charge on any atom is -0.382 e. The molecular weight excluding hydrogens is 528 g/mol. The van der Waals surface area contributed by atoms with Crippen LogP contribution < -0.4 is 21.7 Å². The second-order valence-electron chi connectivity index (χ2n) is 12.1. The van der Waals surface area contributed by atoms with Crippen LogP contribution in [0.15, 0.2) is 30.3 Å². The maximum absolute atomic E-state index is 15.6. The summed E-state index contributed by atoms with van der Waals surface area (Å²) in [4.78, 5) is 38.1. The highest BCUT2D eigenvalue weighted by Gasteiger charge is 2.36. The lowest BCUT2D eigenvalue weighted by Crippen LogP contribution is -2.38. The summed E-state index contributed by atoms with van der Waals surface area (Å²) in [5, 5.41) is 9.91. The molecule has 1 aliphatic carbocycles. The minimum atomic E-state index is -0.892. The molecule has 2 amide bonds. The van der Waals surface area contributed by atoms with E-state index in [1.54, 1.807) is 16.7 Å². The van der Waals surface area contributed by atoms with Gasteiger partial charge in [0.1, 0.15) is 11.6 Å². The number of halogens is 2. The number of anilines is 1. The molecule has 5 rings (SSSR count). The Hall–Kier alpha value is -3.79. The minimum absolute atomic E-state index is 0.0313. The lowest BCUT2D eigenvalue weighted by molar-refractivity contribution is -0.125. The Labute approximate surface area is 238 Å². The Balaban J connectivity index is 1.50. The fourth-order valence-electron chi connectivity index (χ4n) is 6.38. The van der Waals surface area contributed by atoms with E-state index in [0.717, 1.165) is 0 Å². The van der Waals surface area contributed by atoms with Crippen LogP contribution in [0.2, 0.25) is 0 Å². The molecule has 1 saturated carbocycles. The molecule has 218 valence electrons. The molecule has 2 heterocycles. The molecular formula is C31H37F2N5O3. The highest BCUT2D eigenvalue weighted by Crippen LogP contribution is 2.44. The lowest BCUT2D eigenvalue weighted by atomic mass is 9.80. The van der Waals surface area contributed by atoms with Gasteiger partial charge in [0, 0.05) is 48.1 Å². The molecule has 0 bridgehead atoms. The summed E-state index contributed by atoms with van der Waals surface area (Å²) in [7, 11) is 1.83. The first kappa shape index (κ1) is 28.7. The predicted octanol–water partition coefficient (Wildman–Crippen LogP) is 4.60. The standard InChI is InChI=1S/C31H37F2N5O3/c1-31(2)15-25-27(21-9-6-19(32)14-24(21)38(25)26(39)16-31)18-12-22(33)28(29(34)40)23(13-18)37-20-7-4-17(5-8-20)30(41)36-11-10-35-3/h6,9,12-14,17,20,35,37H,4-5,7-8,10-11,15-16H2,1-3H3,(H2,34,40)(H,36,41)/t17-,20-. The number of primary amides is 1. The molecule has 0 saturated heterocycles. The van der Waals surface area contributed by atoms with E-state index in [0.29, 0.717) is 79.3 Å².